The molecular formula is C15H15FN2O4. The van der Waals surface area contributed by atoms with Crippen molar-refractivity contribution < 1.29 is 23.5 Å². The Bertz CT molecular complexity index is 652. The summed E-state index contributed by atoms with van der Waals surface area (Å²) in [5.74, 6) is -1.27. The first-order valence-corrected chi connectivity index (χ1v) is 6.73. The minimum Gasteiger partial charge on any atom is -0.481 e. The number of rotatable bonds is 7. The highest BCUT2D eigenvalue weighted by Gasteiger charge is 2.08. The van der Waals surface area contributed by atoms with Crippen molar-refractivity contribution in [2.45, 2.75) is 19.3 Å². The van der Waals surface area contributed by atoms with E-state index >= 15 is 0 Å². The average molecular weight is 306 g/mol. The minimum atomic E-state index is -1.00. The number of hydrogen-bond donors (Lipinski definition) is 2. The zero-order valence-electron chi connectivity index (χ0n) is 11.7. The number of nitrogens with zero attached hydrogens (tertiary/aromatic N) is 1. The molecule has 0 bridgehead atoms. The molecule has 7 heteroatoms. The Morgan fingerprint density at radius 3 is 2.64 bits per heavy atom. The molecule has 2 N–H and O–H groups in total. The highest BCUT2D eigenvalue weighted by atomic mass is 19.1. The molecule has 0 radical (unpaired) electrons. The van der Waals surface area contributed by atoms with Crippen molar-refractivity contribution in [3.05, 3.63) is 42.0 Å². The lowest BCUT2D eigenvalue weighted by Gasteiger charge is -2.01. The van der Waals surface area contributed by atoms with Crippen LogP contribution in [0.1, 0.15) is 18.5 Å². The van der Waals surface area contributed by atoms with Gasteiger partial charge in [-0.2, -0.15) is 0 Å². The Hall–Kier alpha value is -2.70. The Morgan fingerprint density at radius 1 is 1.23 bits per heavy atom. The molecular weight excluding hydrogens is 291 g/mol. The standard InChI is InChI=1S/C15H15FN2O4/c16-11-3-1-10(2-4-11)15-18-12(9-22-15)7-8-17-13(19)5-6-14(20)21/h1-4,9H,5-8H2,(H,17,19)(H,20,21). The molecule has 0 aliphatic heterocycles. The third-order valence-corrected chi connectivity index (χ3v) is 2.91. The molecule has 116 valence electrons. The summed E-state index contributed by atoms with van der Waals surface area (Å²) in [6.45, 7) is 0.341. The van der Waals surface area contributed by atoms with Crippen LogP contribution in [0.2, 0.25) is 0 Å². The van der Waals surface area contributed by atoms with Gasteiger partial charge in [0.25, 0.3) is 0 Å². The highest BCUT2D eigenvalue weighted by Crippen LogP contribution is 2.18. The summed E-state index contributed by atoms with van der Waals surface area (Å²) in [5, 5.41) is 11.1. The molecule has 2 rings (SSSR count). The number of oxazole rings is 1. The van der Waals surface area contributed by atoms with Crippen LogP contribution in [0, 0.1) is 5.82 Å². The number of carboxylic acids is 1. The minimum absolute atomic E-state index is 0.0466. The number of aliphatic carboxylic acids is 1. The first kappa shape index (κ1) is 15.7. The van der Waals surface area contributed by atoms with E-state index in [0.29, 0.717) is 30.1 Å². The second kappa shape index (κ2) is 7.35. The fourth-order valence-corrected chi connectivity index (χ4v) is 1.79. The van der Waals surface area contributed by atoms with Crippen LogP contribution in [0.15, 0.2) is 34.9 Å². The van der Waals surface area contributed by atoms with Crippen LogP contribution in [0.25, 0.3) is 11.5 Å². The first-order valence-electron chi connectivity index (χ1n) is 6.73. The second-order valence-corrected chi connectivity index (χ2v) is 4.64. The molecule has 0 saturated heterocycles. The Balaban J connectivity index is 1.81. The Kier molecular flexibility index (Phi) is 5.24. The molecule has 22 heavy (non-hydrogen) atoms. The summed E-state index contributed by atoms with van der Waals surface area (Å²) in [5.41, 5.74) is 1.32. The maximum atomic E-state index is 12.8. The van der Waals surface area contributed by atoms with Gasteiger partial charge in [-0.1, -0.05) is 0 Å². The third-order valence-electron chi connectivity index (χ3n) is 2.91. The largest absolute Gasteiger partial charge is 0.481 e. The maximum absolute atomic E-state index is 12.8. The lowest BCUT2D eigenvalue weighted by atomic mass is 10.2. The molecule has 0 aliphatic rings. The molecule has 1 aromatic heterocycles. The molecule has 0 spiro atoms. The van der Waals surface area contributed by atoms with E-state index in [0.717, 1.165) is 0 Å². The average Bonchev–Trinajstić information content (AvgIpc) is 2.95. The van der Waals surface area contributed by atoms with Crippen molar-refractivity contribution in [2.24, 2.45) is 0 Å². The number of hydrogen-bond acceptors (Lipinski definition) is 4. The van der Waals surface area contributed by atoms with E-state index in [1.807, 2.05) is 0 Å². The van der Waals surface area contributed by atoms with Gasteiger partial charge in [-0.05, 0) is 24.3 Å². The fourth-order valence-electron chi connectivity index (χ4n) is 1.79. The Morgan fingerprint density at radius 2 is 1.95 bits per heavy atom. The lowest BCUT2D eigenvalue weighted by molar-refractivity contribution is -0.138. The second-order valence-electron chi connectivity index (χ2n) is 4.64. The van der Waals surface area contributed by atoms with Crippen molar-refractivity contribution in [1.29, 1.82) is 0 Å². The highest BCUT2D eigenvalue weighted by molar-refractivity contribution is 5.80. The number of amides is 1. The molecule has 0 atom stereocenters. The zero-order valence-corrected chi connectivity index (χ0v) is 11.7. The maximum Gasteiger partial charge on any atom is 0.303 e. The molecule has 1 heterocycles. The predicted octanol–water partition coefficient (Wildman–Crippen LogP) is 2.00. The van der Waals surface area contributed by atoms with Crippen LogP contribution in [0.4, 0.5) is 4.39 Å². The third kappa shape index (κ3) is 4.69. The quantitative estimate of drug-likeness (QED) is 0.816. The van der Waals surface area contributed by atoms with Gasteiger partial charge in [-0.15, -0.1) is 0 Å². The number of halogens is 1. The molecule has 0 saturated carbocycles. The molecule has 0 unspecified atom stereocenters. The van der Waals surface area contributed by atoms with Crippen molar-refractivity contribution >= 4 is 11.9 Å². The van der Waals surface area contributed by atoms with Gasteiger partial charge in [0, 0.05) is 24.9 Å². The van der Waals surface area contributed by atoms with Gasteiger partial charge >= 0.3 is 5.97 Å². The number of nitrogens with one attached hydrogen (secondary N) is 1. The van der Waals surface area contributed by atoms with Crippen LogP contribution in [0.5, 0.6) is 0 Å². The topological polar surface area (TPSA) is 92.4 Å². The number of carbonyl (C=O) groups excluding carboxylic acids is 1. The molecule has 6 nitrogen and oxygen atoms in total. The van der Waals surface area contributed by atoms with E-state index < -0.39 is 5.97 Å². The summed E-state index contributed by atoms with van der Waals surface area (Å²) < 4.78 is 18.1. The van der Waals surface area contributed by atoms with Crippen LogP contribution < -0.4 is 5.32 Å². The summed E-state index contributed by atoms with van der Waals surface area (Å²) in [6, 6.07) is 5.78. The number of carboxylic acid groups (broad SMARTS) is 1. The van der Waals surface area contributed by atoms with Crippen molar-refractivity contribution in [1.82, 2.24) is 10.3 Å². The van der Waals surface area contributed by atoms with Gasteiger partial charge in [-0.3, -0.25) is 9.59 Å². The normalized spacial score (nSPS) is 10.4. The zero-order chi connectivity index (χ0) is 15.9. The smallest absolute Gasteiger partial charge is 0.303 e. The number of carbonyl (C=O) groups is 2. The molecule has 0 aliphatic carbocycles. The van der Waals surface area contributed by atoms with E-state index in [1.54, 1.807) is 12.1 Å². The van der Waals surface area contributed by atoms with Crippen LogP contribution in [-0.2, 0) is 16.0 Å². The van der Waals surface area contributed by atoms with Crippen LogP contribution >= 0.6 is 0 Å². The Labute approximate surface area is 126 Å². The molecule has 1 amide bonds. The SMILES string of the molecule is O=C(O)CCC(=O)NCCc1coc(-c2ccc(F)cc2)n1. The summed E-state index contributed by atoms with van der Waals surface area (Å²) in [4.78, 5) is 25.9. The van der Waals surface area contributed by atoms with Gasteiger partial charge in [-0.25, -0.2) is 9.37 Å². The molecule has 2 aromatic rings. The predicted molar refractivity (Wildman–Crippen MR) is 75.5 cm³/mol. The van der Waals surface area contributed by atoms with Crippen molar-refractivity contribution in [3.8, 4) is 11.5 Å². The lowest BCUT2D eigenvalue weighted by Crippen LogP contribution is -2.26. The van der Waals surface area contributed by atoms with Crippen molar-refractivity contribution in [2.75, 3.05) is 6.54 Å². The monoisotopic (exact) mass is 306 g/mol. The van der Waals surface area contributed by atoms with E-state index in [-0.39, 0.29) is 24.6 Å². The number of aromatic nitrogens is 1. The fraction of sp³-hybridized carbons (Fsp3) is 0.267. The van der Waals surface area contributed by atoms with Crippen LogP contribution in [0.3, 0.4) is 0 Å². The van der Waals surface area contributed by atoms with E-state index in [1.165, 1.54) is 18.4 Å². The number of benzene rings is 1. The van der Waals surface area contributed by atoms with Gasteiger partial charge in [0.1, 0.15) is 12.1 Å². The van der Waals surface area contributed by atoms with Gasteiger partial charge in [0.15, 0.2) is 0 Å². The summed E-state index contributed by atoms with van der Waals surface area (Å²) in [6.07, 6.45) is 1.70. The molecule has 1 aromatic carbocycles. The van der Waals surface area contributed by atoms with E-state index in [4.69, 9.17) is 9.52 Å². The van der Waals surface area contributed by atoms with Gasteiger partial charge in [0.05, 0.1) is 12.1 Å². The van der Waals surface area contributed by atoms with Gasteiger partial charge in [0.2, 0.25) is 11.8 Å². The van der Waals surface area contributed by atoms with Gasteiger partial charge < -0.3 is 14.8 Å². The van der Waals surface area contributed by atoms with E-state index in [2.05, 4.69) is 10.3 Å². The van der Waals surface area contributed by atoms with E-state index in [9.17, 15) is 14.0 Å². The van der Waals surface area contributed by atoms with Crippen LogP contribution in [-0.4, -0.2) is 28.5 Å². The summed E-state index contributed by atoms with van der Waals surface area (Å²) >= 11 is 0. The first-order chi connectivity index (χ1) is 10.5. The summed E-state index contributed by atoms with van der Waals surface area (Å²) in [7, 11) is 0. The molecule has 0 fully saturated rings. The van der Waals surface area contributed by atoms with Crippen molar-refractivity contribution in [3.63, 3.8) is 0 Å².